The maximum Gasteiger partial charge on any atom is 0.324 e. The molecule has 6 heteroatoms. The predicted molar refractivity (Wildman–Crippen MR) is 125 cm³/mol. The Bertz CT molecular complexity index is 1100. The normalized spacial score (nSPS) is 13.9. The van der Waals surface area contributed by atoms with Gasteiger partial charge < -0.3 is 10.2 Å². The molecule has 0 radical (unpaired) electrons. The van der Waals surface area contributed by atoms with Crippen LogP contribution in [0.3, 0.4) is 0 Å². The van der Waals surface area contributed by atoms with Gasteiger partial charge in [-0.05, 0) is 61.4 Å². The van der Waals surface area contributed by atoms with Crippen LogP contribution < -0.4 is 10.2 Å². The van der Waals surface area contributed by atoms with Gasteiger partial charge in [0.2, 0.25) is 0 Å². The number of hydrogen-bond donors (Lipinski definition) is 1. The third kappa shape index (κ3) is 5.06. The first-order chi connectivity index (χ1) is 15.0. The molecule has 3 aromatic rings. The highest BCUT2D eigenvalue weighted by molar-refractivity contribution is 6.30. The number of hydrogen-bond acceptors (Lipinski definition) is 2. The zero-order chi connectivity index (χ0) is 21.8. The third-order valence-electron chi connectivity index (χ3n) is 5.29. The van der Waals surface area contributed by atoms with Gasteiger partial charge in [-0.15, -0.1) is 0 Å². The topological polar surface area (TPSA) is 52.6 Å². The first-order valence-electron chi connectivity index (χ1n) is 10.3. The SMILES string of the molecule is Cc1cccc(CN2CCCN(c3cccc(NC(=O)c4ccc(Cl)cc4)c3)C2=O)c1. The fraction of sp³-hybridized carbons (Fsp3) is 0.200. The summed E-state index contributed by atoms with van der Waals surface area (Å²) in [5, 5.41) is 3.48. The van der Waals surface area contributed by atoms with E-state index in [1.807, 2.05) is 41.3 Å². The Kier molecular flexibility index (Phi) is 6.23. The molecule has 3 aromatic carbocycles. The number of halogens is 1. The molecule has 0 atom stereocenters. The number of benzene rings is 3. The van der Waals surface area contributed by atoms with Gasteiger partial charge in [0.1, 0.15) is 0 Å². The predicted octanol–water partition coefficient (Wildman–Crippen LogP) is 5.73. The lowest BCUT2D eigenvalue weighted by Crippen LogP contribution is -2.49. The molecule has 0 unspecified atom stereocenters. The van der Waals surface area contributed by atoms with E-state index in [0.717, 1.165) is 24.2 Å². The molecule has 5 nitrogen and oxygen atoms in total. The van der Waals surface area contributed by atoms with Crippen molar-refractivity contribution < 1.29 is 9.59 Å². The molecule has 1 heterocycles. The van der Waals surface area contributed by atoms with Crippen molar-refractivity contribution in [2.45, 2.75) is 19.9 Å². The van der Waals surface area contributed by atoms with Crippen molar-refractivity contribution in [1.29, 1.82) is 0 Å². The van der Waals surface area contributed by atoms with Crippen molar-refractivity contribution in [2.24, 2.45) is 0 Å². The summed E-state index contributed by atoms with van der Waals surface area (Å²) in [4.78, 5) is 29.3. The summed E-state index contributed by atoms with van der Waals surface area (Å²) < 4.78 is 0. The largest absolute Gasteiger partial charge is 0.324 e. The maximum absolute atomic E-state index is 13.2. The van der Waals surface area contributed by atoms with Crippen molar-refractivity contribution >= 4 is 34.9 Å². The van der Waals surface area contributed by atoms with Crippen molar-refractivity contribution in [3.63, 3.8) is 0 Å². The van der Waals surface area contributed by atoms with Crippen LogP contribution in [0.2, 0.25) is 5.02 Å². The first-order valence-corrected chi connectivity index (χ1v) is 10.7. The van der Waals surface area contributed by atoms with E-state index in [9.17, 15) is 9.59 Å². The molecular weight excluding hydrogens is 410 g/mol. The fourth-order valence-corrected chi connectivity index (χ4v) is 3.88. The Hall–Kier alpha value is -3.31. The van der Waals surface area contributed by atoms with Crippen LogP contribution in [-0.2, 0) is 6.54 Å². The van der Waals surface area contributed by atoms with Crippen LogP contribution in [-0.4, -0.2) is 29.9 Å². The summed E-state index contributed by atoms with van der Waals surface area (Å²) in [5.41, 5.74) is 4.24. The lowest BCUT2D eigenvalue weighted by molar-refractivity contribution is 0.102. The van der Waals surface area contributed by atoms with Crippen LogP contribution in [0.4, 0.5) is 16.2 Å². The van der Waals surface area contributed by atoms with E-state index in [4.69, 9.17) is 11.6 Å². The molecule has 0 spiro atoms. The average Bonchev–Trinajstić information content (AvgIpc) is 2.76. The van der Waals surface area contributed by atoms with E-state index in [1.54, 1.807) is 29.2 Å². The van der Waals surface area contributed by atoms with E-state index in [2.05, 4.69) is 24.4 Å². The lowest BCUT2D eigenvalue weighted by Gasteiger charge is -2.36. The molecule has 1 fully saturated rings. The van der Waals surface area contributed by atoms with E-state index in [1.165, 1.54) is 5.56 Å². The molecule has 1 N–H and O–H groups in total. The molecular formula is C25H24ClN3O2. The molecule has 0 bridgehead atoms. The van der Waals surface area contributed by atoms with Gasteiger partial charge in [-0.2, -0.15) is 0 Å². The first kappa shape index (κ1) is 20.9. The van der Waals surface area contributed by atoms with Crippen molar-refractivity contribution in [3.05, 3.63) is 94.5 Å². The number of carbonyl (C=O) groups is 2. The second kappa shape index (κ2) is 9.23. The highest BCUT2D eigenvalue weighted by Gasteiger charge is 2.27. The minimum atomic E-state index is -0.222. The summed E-state index contributed by atoms with van der Waals surface area (Å²) >= 11 is 5.89. The molecule has 3 amide bonds. The zero-order valence-corrected chi connectivity index (χ0v) is 18.1. The molecule has 1 aliphatic rings. The number of anilines is 2. The number of nitrogens with one attached hydrogen (secondary N) is 1. The minimum absolute atomic E-state index is 0.0195. The molecule has 1 aliphatic heterocycles. The molecule has 158 valence electrons. The smallest absolute Gasteiger partial charge is 0.322 e. The summed E-state index contributed by atoms with van der Waals surface area (Å²) in [6.45, 7) is 4.02. The van der Waals surface area contributed by atoms with Crippen LogP contribution in [0.25, 0.3) is 0 Å². The number of nitrogens with zero attached hydrogens (tertiary/aromatic N) is 2. The van der Waals surface area contributed by atoms with E-state index in [-0.39, 0.29) is 11.9 Å². The number of amides is 3. The Morgan fingerprint density at radius 1 is 1.00 bits per heavy atom. The number of rotatable bonds is 5. The standard InChI is InChI=1S/C25H24ClN3O2/c1-18-5-2-6-19(15-18)17-28-13-4-14-29(25(28)31)23-8-3-7-22(16-23)27-24(30)20-9-11-21(26)12-10-20/h2-3,5-12,15-16H,4,13-14,17H2,1H3,(H,27,30). The van der Waals surface area contributed by atoms with Crippen LogP contribution in [0.5, 0.6) is 0 Å². The highest BCUT2D eigenvalue weighted by atomic mass is 35.5. The molecule has 1 saturated heterocycles. The van der Waals surface area contributed by atoms with Crippen LogP contribution >= 0.6 is 11.6 Å². The summed E-state index contributed by atoms with van der Waals surface area (Å²) in [5.74, 6) is -0.222. The molecule has 31 heavy (non-hydrogen) atoms. The zero-order valence-electron chi connectivity index (χ0n) is 17.3. The molecule has 4 rings (SSSR count). The van der Waals surface area contributed by atoms with Crippen molar-refractivity contribution in [1.82, 2.24) is 4.90 Å². The summed E-state index contributed by atoms with van der Waals surface area (Å²) in [7, 11) is 0. The van der Waals surface area contributed by atoms with Gasteiger partial charge in [-0.1, -0.05) is 47.5 Å². The van der Waals surface area contributed by atoms with Gasteiger partial charge in [-0.25, -0.2) is 4.79 Å². The Morgan fingerprint density at radius 2 is 1.77 bits per heavy atom. The quantitative estimate of drug-likeness (QED) is 0.558. The lowest BCUT2D eigenvalue weighted by atomic mass is 10.1. The fourth-order valence-electron chi connectivity index (χ4n) is 3.75. The molecule has 0 saturated carbocycles. The summed E-state index contributed by atoms with van der Waals surface area (Å²) in [6, 6.07) is 22.3. The summed E-state index contributed by atoms with van der Waals surface area (Å²) in [6.07, 6.45) is 0.888. The second-order valence-corrected chi connectivity index (χ2v) is 8.15. The Balaban J connectivity index is 1.48. The van der Waals surface area contributed by atoms with Crippen LogP contribution in [0.15, 0.2) is 72.8 Å². The Labute approximate surface area is 187 Å². The van der Waals surface area contributed by atoms with Gasteiger partial charge in [-0.3, -0.25) is 9.69 Å². The number of carbonyl (C=O) groups excluding carboxylic acids is 2. The van der Waals surface area contributed by atoms with Gasteiger partial charge in [0.25, 0.3) is 5.91 Å². The van der Waals surface area contributed by atoms with Crippen molar-refractivity contribution in [2.75, 3.05) is 23.3 Å². The minimum Gasteiger partial charge on any atom is -0.322 e. The van der Waals surface area contributed by atoms with Crippen LogP contribution in [0.1, 0.15) is 27.9 Å². The second-order valence-electron chi connectivity index (χ2n) is 7.71. The van der Waals surface area contributed by atoms with Gasteiger partial charge in [0, 0.05) is 41.6 Å². The number of urea groups is 1. The highest BCUT2D eigenvalue weighted by Crippen LogP contribution is 2.25. The Morgan fingerprint density at radius 3 is 2.55 bits per heavy atom. The van der Waals surface area contributed by atoms with Gasteiger partial charge in [0.05, 0.1) is 0 Å². The van der Waals surface area contributed by atoms with Gasteiger partial charge >= 0.3 is 6.03 Å². The third-order valence-corrected chi connectivity index (χ3v) is 5.54. The maximum atomic E-state index is 13.2. The number of aryl methyl sites for hydroxylation is 1. The van der Waals surface area contributed by atoms with E-state index in [0.29, 0.717) is 29.4 Å². The van der Waals surface area contributed by atoms with Crippen molar-refractivity contribution in [3.8, 4) is 0 Å². The average molecular weight is 434 g/mol. The van der Waals surface area contributed by atoms with Crippen LogP contribution in [0, 0.1) is 6.92 Å². The monoisotopic (exact) mass is 433 g/mol. The van der Waals surface area contributed by atoms with Gasteiger partial charge in [0.15, 0.2) is 0 Å². The van der Waals surface area contributed by atoms with E-state index < -0.39 is 0 Å². The van der Waals surface area contributed by atoms with E-state index >= 15 is 0 Å². The molecule has 0 aliphatic carbocycles. The molecule has 0 aromatic heterocycles.